The molecule has 0 rings (SSSR count). The van der Waals surface area contributed by atoms with E-state index in [9.17, 15) is 19.5 Å². The number of hydrogen-bond acceptors (Lipinski definition) is 7. The maximum absolute atomic E-state index is 13.0. The summed E-state index contributed by atoms with van der Waals surface area (Å²) in [5.41, 5.74) is 0. The van der Waals surface area contributed by atoms with Crippen LogP contribution in [0.15, 0.2) is 134 Å². The smallest absolute Gasteiger partial charge is 0.361 e. The molecule has 2 unspecified atom stereocenters. The number of ether oxygens (including phenoxy) is 4. The molecule has 532 valence electrons. The van der Waals surface area contributed by atoms with Crippen molar-refractivity contribution in [3.63, 3.8) is 0 Å². The van der Waals surface area contributed by atoms with Gasteiger partial charge in [0.2, 0.25) is 0 Å². The molecule has 0 amide bonds. The van der Waals surface area contributed by atoms with E-state index in [2.05, 4.69) is 148 Å². The van der Waals surface area contributed by atoms with E-state index < -0.39 is 24.3 Å². The molecule has 0 aliphatic carbocycles. The number of carboxylic acids is 1. The lowest BCUT2D eigenvalue weighted by Gasteiger charge is -2.25. The van der Waals surface area contributed by atoms with Gasteiger partial charge in [-0.3, -0.25) is 9.59 Å². The third-order valence-corrected chi connectivity index (χ3v) is 16.4. The van der Waals surface area contributed by atoms with Crippen LogP contribution < -0.4 is 0 Å². The molecule has 0 fully saturated rings. The summed E-state index contributed by atoms with van der Waals surface area (Å²) in [6.07, 6.45) is 103. The predicted octanol–water partition coefficient (Wildman–Crippen LogP) is 24.5. The molecular formula is C84H144NO8+. The van der Waals surface area contributed by atoms with Crippen LogP contribution >= 0.6 is 0 Å². The summed E-state index contributed by atoms with van der Waals surface area (Å²) < 4.78 is 23.0. The Morgan fingerprint density at radius 1 is 0.323 bits per heavy atom. The second-order valence-corrected chi connectivity index (χ2v) is 26.6. The third kappa shape index (κ3) is 74.7. The van der Waals surface area contributed by atoms with E-state index in [0.29, 0.717) is 23.9 Å². The Labute approximate surface area is 573 Å². The molecule has 0 heterocycles. The fourth-order valence-corrected chi connectivity index (χ4v) is 10.6. The van der Waals surface area contributed by atoms with Crippen LogP contribution in [0.3, 0.4) is 0 Å². The molecule has 9 nitrogen and oxygen atoms in total. The first-order chi connectivity index (χ1) is 45.6. The normalized spacial score (nSPS) is 13.4. The zero-order valence-corrected chi connectivity index (χ0v) is 60.9. The lowest BCUT2D eigenvalue weighted by molar-refractivity contribution is -0.870. The first-order valence-electron chi connectivity index (χ1n) is 38.3. The summed E-state index contributed by atoms with van der Waals surface area (Å²) in [6, 6.07) is 0. The zero-order valence-electron chi connectivity index (χ0n) is 60.9. The van der Waals surface area contributed by atoms with Gasteiger partial charge in [-0.1, -0.05) is 334 Å². The van der Waals surface area contributed by atoms with Crippen molar-refractivity contribution in [1.82, 2.24) is 0 Å². The van der Waals surface area contributed by atoms with Crippen LogP contribution in [0, 0.1) is 0 Å². The van der Waals surface area contributed by atoms with Gasteiger partial charge in [-0.15, -0.1) is 0 Å². The van der Waals surface area contributed by atoms with Crippen molar-refractivity contribution >= 4 is 17.9 Å². The molecule has 0 spiro atoms. The van der Waals surface area contributed by atoms with Gasteiger partial charge in [0.15, 0.2) is 6.10 Å². The lowest BCUT2D eigenvalue weighted by atomic mass is 10.0. The fraction of sp³-hybridized carbons (Fsp3) is 0.702. The number of hydrogen-bond donors (Lipinski definition) is 1. The monoisotopic (exact) mass is 1300 g/mol. The quantitative estimate of drug-likeness (QED) is 0.0211. The van der Waals surface area contributed by atoms with E-state index in [1.165, 1.54) is 173 Å². The van der Waals surface area contributed by atoms with Gasteiger partial charge in [-0.25, -0.2) is 4.79 Å². The number of allylic oxidation sites excluding steroid dienone is 22. The molecule has 0 aromatic heterocycles. The first-order valence-corrected chi connectivity index (χ1v) is 38.3. The topological polar surface area (TPSA) is 108 Å². The fourth-order valence-electron chi connectivity index (χ4n) is 10.6. The summed E-state index contributed by atoms with van der Waals surface area (Å²) in [5.74, 6) is -2.01. The van der Waals surface area contributed by atoms with Crippen molar-refractivity contribution in [3.8, 4) is 0 Å². The standard InChI is InChI=1S/C84H143NO8/c1-6-8-10-12-14-16-18-20-22-24-26-28-30-32-34-36-38-39-40-41-42-43-45-46-48-50-52-54-56-58-60-62-64-66-68-70-72-74-81(86)91-78-80(79-92-84(83(88)89)90-77-76-85(3,4)5)93-82(87)75-73-71-69-67-65-63-61-59-57-55-53-51-49-47-44-37-35-33-31-29-27-25-23-21-19-17-15-13-11-9-7-2/h8-11,14-17,20-23,26-29,33,35,44,47,51,53,80,84H,6-7,12-13,18-19,24-25,30-32,34,36-43,45-46,48-50,52,54-79H2,1-5H3/p+1/b10-8-,11-9-,16-14-,17-15-,22-20-,23-21-,28-26-,29-27-,35-33-,47-44-,53-51-. The van der Waals surface area contributed by atoms with Crippen molar-refractivity contribution in [2.75, 3.05) is 47.5 Å². The van der Waals surface area contributed by atoms with Gasteiger partial charge >= 0.3 is 17.9 Å². The van der Waals surface area contributed by atoms with Gasteiger partial charge < -0.3 is 28.5 Å². The number of quaternary nitrogens is 1. The molecular weight excluding hydrogens is 1150 g/mol. The Morgan fingerprint density at radius 2 is 0.581 bits per heavy atom. The highest BCUT2D eigenvalue weighted by Gasteiger charge is 2.25. The highest BCUT2D eigenvalue weighted by Crippen LogP contribution is 2.18. The van der Waals surface area contributed by atoms with E-state index >= 15 is 0 Å². The minimum atomic E-state index is -1.52. The molecule has 0 aromatic carbocycles. The molecule has 0 saturated heterocycles. The minimum Gasteiger partial charge on any atom is -0.477 e. The average molecular weight is 1300 g/mol. The van der Waals surface area contributed by atoms with Crippen LogP contribution in [0.1, 0.15) is 322 Å². The van der Waals surface area contributed by atoms with Gasteiger partial charge in [-0.2, -0.15) is 0 Å². The number of carboxylic acid groups (broad SMARTS) is 1. The van der Waals surface area contributed by atoms with Gasteiger partial charge in [0, 0.05) is 12.8 Å². The summed E-state index contributed by atoms with van der Waals surface area (Å²) in [7, 11) is 5.98. The third-order valence-electron chi connectivity index (χ3n) is 16.4. The Bertz CT molecular complexity index is 2000. The van der Waals surface area contributed by atoms with E-state index in [1.807, 2.05) is 21.1 Å². The van der Waals surface area contributed by atoms with Crippen molar-refractivity contribution in [2.45, 2.75) is 334 Å². The van der Waals surface area contributed by atoms with Gasteiger partial charge in [0.05, 0.1) is 34.4 Å². The van der Waals surface area contributed by atoms with E-state index in [1.54, 1.807) is 0 Å². The maximum atomic E-state index is 13.0. The lowest BCUT2D eigenvalue weighted by Crippen LogP contribution is -2.40. The number of carbonyl (C=O) groups is 3. The van der Waals surface area contributed by atoms with Crippen molar-refractivity contribution in [2.24, 2.45) is 0 Å². The SMILES string of the molecule is CC/C=C\C/C=C\C/C=C\C/C=C\C/C=C\C/C=C\C/C=C\CCCCCCCCCCCC(=O)OC(COC(=O)CCCCCCCCCCCCCCCCCCCCCCCCCC/C=C\C/C=C\C/C=C\C/C=C\CC)COC(OCC[N+](C)(C)C)C(=O)O. The highest BCUT2D eigenvalue weighted by atomic mass is 16.7. The van der Waals surface area contributed by atoms with Crippen LogP contribution in [0.5, 0.6) is 0 Å². The van der Waals surface area contributed by atoms with Crippen LogP contribution in [0.2, 0.25) is 0 Å². The number of likely N-dealkylation sites (N-methyl/N-ethyl adjacent to an activating group) is 1. The minimum absolute atomic E-state index is 0.182. The molecule has 2 atom stereocenters. The number of unbranched alkanes of at least 4 members (excludes halogenated alkanes) is 33. The summed E-state index contributed by atoms with van der Waals surface area (Å²) in [6.45, 7) is 4.67. The molecule has 9 heteroatoms. The molecule has 1 N–H and O–H groups in total. The number of carbonyl (C=O) groups excluding carboxylic acids is 2. The van der Waals surface area contributed by atoms with Crippen molar-refractivity contribution < 1.29 is 42.9 Å². The summed E-state index contributed by atoms with van der Waals surface area (Å²) in [5, 5.41) is 9.77. The second-order valence-electron chi connectivity index (χ2n) is 26.6. The van der Waals surface area contributed by atoms with Crippen LogP contribution in [0.25, 0.3) is 0 Å². The van der Waals surface area contributed by atoms with E-state index in [0.717, 1.165) is 116 Å². The van der Waals surface area contributed by atoms with Crippen molar-refractivity contribution in [1.29, 1.82) is 0 Å². The van der Waals surface area contributed by atoms with Gasteiger partial charge in [0.25, 0.3) is 6.29 Å². The number of rotatable bonds is 70. The molecule has 0 bridgehead atoms. The number of nitrogens with zero attached hydrogens (tertiary/aromatic N) is 1. The Hall–Kier alpha value is -4.57. The number of aliphatic carboxylic acids is 1. The van der Waals surface area contributed by atoms with Crippen LogP contribution in [0.4, 0.5) is 0 Å². The molecule has 0 aliphatic heterocycles. The molecule has 0 aliphatic rings. The Morgan fingerprint density at radius 3 is 0.860 bits per heavy atom. The molecule has 0 saturated carbocycles. The van der Waals surface area contributed by atoms with E-state index in [4.69, 9.17) is 18.9 Å². The molecule has 0 aromatic rings. The summed E-state index contributed by atoms with van der Waals surface area (Å²) >= 11 is 0. The van der Waals surface area contributed by atoms with Gasteiger partial charge in [-0.05, 0) is 109 Å². The highest BCUT2D eigenvalue weighted by molar-refractivity contribution is 5.71. The maximum Gasteiger partial charge on any atom is 0.361 e. The average Bonchev–Trinajstić information content (AvgIpc) is 3.38. The van der Waals surface area contributed by atoms with Crippen LogP contribution in [-0.4, -0.2) is 87.4 Å². The Balaban J connectivity index is 4.06. The van der Waals surface area contributed by atoms with Crippen molar-refractivity contribution in [3.05, 3.63) is 134 Å². The van der Waals surface area contributed by atoms with E-state index in [-0.39, 0.29) is 32.2 Å². The molecule has 0 radical (unpaired) electrons. The predicted molar refractivity (Wildman–Crippen MR) is 401 cm³/mol. The Kier molecular flexibility index (Phi) is 69.6. The number of esters is 2. The summed E-state index contributed by atoms with van der Waals surface area (Å²) in [4.78, 5) is 37.7. The first kappa shape index (κ1) is 88.4. The van der Waals surface area contributed by atoms with Gasteiger partial charge in [0.1, 0.15) is 13.2 Å². The largest absolute Gasteiger partial charge is 0.477 e. The van der Waals surface area contributed by atoms with Crippen LogP contribution in [-0.2, 0) is 33.3 Å². The zero-order chi connectivity index (χ0) is 67.5. The second kappa shape index (κ2) is 73.2. The molecule has 93 heavy (non-hydrogen) atoms.